The van der Waals surface area contributed by atoms with Gasteiger partial charge < -0.3 is 10.1 Å². The zero-order valence-electron chi connectivity index (χ0n) is 12.3. The Balaban J connectivity index is 3.53. The van der Waals surface area contributed by atoms with Crippen molar-refractivity contribution in [2.45, 2.75) is 78.2 Å². The molecule has 0 saturated heterocycles. The molecule has 17 heavy (non-hydrogen) atoms. The molecule has 104 valence electrons. The van der Waals surface area contributed by atoms with E-state index < -0.39 is 0 Å². The van der Waals surface area contributed by atoms with Gasteiger partial charge >= 0.3 is 0 Å². The number of nitrogens with one attached hydrogen (secondary N) is 1. The molecule has 0 aliphatic heterocycles. The normalized spacial score (nSPS) is 12.9. The first-order valence-electron chi connectivity index (χ1n) is 7.66. The van der Waals surface area contributed by atoms with Gasteiger partial charge in [-0.15, -0.1) is 0 Å². The highest BCUT2D eigenvalue weighted by atomic mass is 16.5. The monoisotopic (exact) mass is 243 g/mol. The lowest BCUT2D eigenvalue weighted by atomic mass is 10.0. The van der Waals surface area contributed by atoms with Crippen LogP contribution in [0.1, 0.15) is 72.1 Å². The molecule has 0 aliphatic carbocycles. The number of rotatable bonds is 13. The molecule has 0 rings (SSSR count). The Hall–Kier alpha value is -0.0800. The van der Waals surface area contributed by atoms with Gasteiger partial charge in [0, 0.05) is 19.3 Å². The fraction of sp³-hybridized carbons (Fsp3) is 1.00. The fourth-order valence-corrected chi connectivity index (χ4v) is 2.06. The fourth-order valence-electron chi connectivity index (χ4n) is 2.06. The molecule has 0 amide bonds. The summed E-state index contributed by atoms with van der Waals surface area (Å²) in [5.74, 6) is 0. The van der Waals surface area contributed by atoms with Crippen molar-refractivity contribution < 1.29 is 4.74 Å². The van der Waals surface area contributed by atoms with E-state index in [1.165, 1.54) is 51.4 Å². The lowest BCUT2D eigenvalue weighted by Gasteiger charge is -2.18. The predicted octanol–water partition coefficient (Wildman–Crippen LogP) is 4.14. The van der Waals surface area contributed by atoms with Crippen molar-refractivity contribution in [1.29, 1.82) is 0 Å². The first kappa shape index (κ1) is 16.9. The highest BCUT2D eigenvalue weighted by Crippen LogP contribution is 2.09. The summed E-state index contributed by atoms with van der Waals surface area (Å²) in [7, 11) is 0. The van der Waals surface area contributed by atoms with Gasteiger partial charge in [-0.3, -0.25) is 0 Å². The molecule has 0 spiro atoms. The van der Waals surface area contributed by atoms with Crippen molar-refractivity contribution in [3.63, 3.8) is 0 Å². The maximum absolute atomic E-state index is 5.45. The second-order valence-corrected chi connectivity index (χ2v) is 4.84. The lowest BCUT2D eigenvalue weighted by Crippen LogP contribution is -2.31. The second-order valence-electron chi connectivity index (χ2n) is 4.84. The average molecular weight is 243 g/mol. The van der Waals surface area contributed by atoms with Crippen LogP contribution in [-0.4, -0.2) is 25.8 Å². The highest BCUT2D eigenvalue weighted by molar-refractivity contribution is 4.66. The van der Waals surface area contributed by atoms with E-state index in [0.717, 1.165) is 19.8 Å². The third-order valence-corrected chi connectivity index (χ3v) is 3.15. The number of hydrogen-bond donors (Lipinski definition) is 1. The summed E-state index contributed by atoms with van der Waals surface area (Å²) < 4.78 is 5.45. The van der Waals surface area contributed by atoms with Crippen LogP contribution in [0, 0.1) is 0 Å². The standard InChI is InChI=1S/C15H33NO/c1-4-7-8-9-10-11-15(16-13-5-2)12-14-17-6-3/h15-16H,4-14H2,1-3H3. The summed E-state index contributed by atoms with van der Waals surface area (Å²) in [5, 5.41) is 3.64. The minimum Gasteiger partial charge on any atom is -0.382 e. The molecule has 0 fully saturated rings. The van der Waals surface area contributed by atoms with E-state index in [1.807, 2.05) is 0 Å². The van der Waals surface area contributed by atoms with E-state index in [2.05, 4.69) is 26.1 Å². The van der Waals surface area contributed by atoms with E-state index in [-0.39, 0.29) is 0 Å². The van der Waals surface area contributed by atoms with Crippen LogP contribution in [0.15, 0.2) is 0 Å². The molecule has 1 unspecified atom stereocenters. The van der Waals surface area contributed by atoms with Crippen molar-refractivity contribution in [3.05, 3.63) is 0 Å². The molecule has 0 saturated carbocycles. The Bertz CT molecular complexity index is 139. The molecular formula is C15H33NO. The maximum atomic E-state index is 5.45. The molecule has 0 aromatic rings. The van der Waals surface area contributed by atoms with Crippen LogP contribution in [0.4, 0.5) is 0 Å². The zero-order chi connectivity index (χ0) is 12.8. The quantitative estimate of drug-likeness (QED) is 0.491. The molecule has 2 nitrogen and oxygen atoms in total. The second kappa shape index (κ2) is 14.0. The summed E-state index contributed by atoms with van der Waals surface area (Å²) in [6, 6.07) is 0.670. The van der Waals surface area contributed by atoms with Crippen LogP contribution >= 0.6 is 0 Å². The minimum atomic E-state index is 0.670. The van der Waals surface area contributed by atoms with Crippen LogP contribution < -0.4 is 5.32 Å². The Labute approximate surface area is 109 Å². The largest absolute Gasteiger partial charge is 0.382 e. The molecule has 0 bridgehead atoms. The maximum Gasteiger partial charge on any atom is 0.0480 e. The van der Waals surface area contributed by atoms with Gasteiger partial charge in [-0.05, 0) is 32.7 Å². The van der Waals surface area contributed by atoms with Gasteiger partial charge in [-0.1, -0.05) is 46.0 Å². The molecular weight excluding hydrogens is 210 g/mol. The van der Waals surface area contributed by atoms with E-state index >= 15 is 0 Å². The number of unbranched alkanes of at least 4 members (excludes halogenated alkanes) is 4. The lowest BCUT2D eigenvalue weighted by molar-refractivity contribution is 0.135. The predicted molar refractivity (Wildman–Crippen MR) is 76.6 cm³/mol. The molecule has 2 heteroatoms. The summed E-state index contributed by atoms with van der Waals surface area (Å²) in [6.07, 6.45) is 10.6. The van der Waals surface area contributed by atoms with Crippen molar-refractivity contribution in [3.8, 4) is 0 Å². The van der Waals surface area contributed by atoms with Gasteiger partial charge in [0.25, 0.3) is 0 Å². The van der Waals surface area contributed by atoms with Crippen LogP contribution in [0.2, 0.25) is 0 Å². The summed E-state index contributed by atoms with van der Waals surface area (Å²) in [4.78, 5) is 0. The first-order valence-corrected chi connectivity index (χ1v) is 7.66. The van der Waals surface area contributed by atoms with E-state index in [9.17, 15) is 0 Å². The highest BCUT2D eigenvalue weighted by Gasteiger charge is 2.06. The van der Waals surface area contributed by atoms with E-state index in [0.29, 0.717) is 6.04 Å². The van der Waals surface area contributed by atoms with Crippen molar-refractivity contribution in [2.75, 3.05) is 19.8 Å². The average Bonchev–Trinajstić information content (AvgIpc) is 2.35. The Morgan fingerprint density at radius 2 is 1.65 bits per heavy atom. The molecule has 0 radical (unpaired) electrons. The van der Waals surface area contributed by atoms with Crippen LogP contribution in [0.3, 0.4) is 0 Å². The zero-order valence-corrected chi connectivity index (χ0v) is 12.3. The molecule has 0 aromatic heterocycles. The first-order chi connectivity index (χ1) is 8.35. The van der Waals surface area contributed by atoms with Crippen molar-refractivity contribution in [2.24, 2.45) is 0 Å². The van der Waals surface area contributed by atoms with Crippen molar-refractivity contribution >= 4 is 0 Å². The van der Waals surface area contributed by atoms with E-state index in [4.69, 9.17) is 4.74 Å². The minimum absolute atomic E-state index is 0.670. The molecule has 1 atom stereocenters. The number of hydrogen-bond acceptors (Lipinski definition) is 2. The molecule has 0 heterocycles. The SMILES string of the molecule is CCCCCCCC(CCOCC)NCCC. The Morgan fingerprint density at radius 3 is 2.29 bits per heavy atom. The van der Waals surface area contributed by atoms with Gasteiger partial charge in [0.1, 0.15) is 0 Å². The summed E-state index contributed by atoms with van der Waals surface area (Å²) >= 11 is 0. The van der Waals surface area contributed by atoms with Crippen LogP contribution in [-0.2, 0) is 4.74 Å². The van der Waals surface area contributed by atoms with Gasteiger partial charge in [-0.2, -0.15) is 0 Å². The summed E-state index contributed by atoms with van der Waals surface area (Å²) in [6.45, 7) is 9.47. The van der Waals surface area contributed by atoms with Gasteiger partial charge in [0.15, 0.2) is 0 Å². The third-order valence-electron chi connectivity index (χ3n) is 3.15. The Morgan fingerprint density at radius 1 is 0.882 bits per heavy atom. The Kier molecular flexibility index (Phi) is 13.9. The molecule has 1 N–H and O–H groups in total. The van der Waals surface area contributed by atoms with E-state index in [1.54, 1.807) is 0 Å². The van der Waals surface area contributed by atoms with Crippen LogP contribution in [0.5, 0.6) is 0 Å². The van der Waals surface area contributed by atoms with Gasteiger partial charge in [0.2, 0.25) is 0 Å². The van der Waals surface area contributed by atoms with Crippen LogP contribution in [0.25, 0.3) is 0 Å². The topological polar surface area (TPSA) is 21.3 Å². The molecule has 0 aliphatic rings. The third kappa shape index (κ3) is 12.2. The summed E-state index contributed by atoms with van der Waals surface area (Å²) in [5.41, 5.74) is 0. The smallest absolute Gasteiger partial charge is 0.0480 e. The molecule has 0 aromatic carbocycles. The number of ether oxygens (including phenoxy) is 1. The van der Waals surface area contributed by atoms with Gasteiger partial charge in [-0.25, -0.2) is 0 Å². The van der Waals surface area contributed by atoms with Gasteiger partial charge in [0.05, 0.1) is 0 Å². The van der Waals surface area contributed by atoms with Crippen molar-refractivity contribution in [1.82, 2.24) is 5.32 Å².